The highest BCUT2D eigenvalue weighted by Gasteiger charge is 2.29. The Bertz CT molecular complexity index is 1300. The van der Waals surface area contributed by atoms with Gasteiger partial charge in [-0.2, -0.15) is 0 Å². The average molecular weight is 530 g/mol. The van der Waals surface area contributed by atoms with Gasteiger partial charge in [0.1, 0.15) is 0 Å². The Morgan fingerprint density at radius 3 is 2.31 bits per heavy atom. The van der Waals surface area contributed by atoms with Crippen molar-refractivity contribution in [2.24, 2.45) is 11.8 Å². The van der Waals surface area contributed by atoms with Crippen LogP contribution in [0.4, 0.5) is 11.4 Å². The molecule has 0 unspecified atom stereocenters. The van der Waals surface area contributed by atoms with Gasteiger partial charge in [0.25, 0.3) is 11.8 Å². The van der Waals surface area contributed by atoms with Gasteiger partial charge in [0.05, 0.1) is 24.6 Å². The molecule has 204 valence electrons. The van der Waals surface area contributed by atoms with Gasteiger partial charge < -0.3 is 30.9 Å². The summed E-state index contributed by atoms with van der Waals surface area (Å²) in [7, 11) is 0. The quantitative estimate of drug-likeness (QED) is 0.281. The number of amides is 2. The molecule has 0 saturated carbocycles. The van der Waals surface area contributed by atoms with E-state index in [0.29, 0.717) is 35.9 Å². The number of allylic oxidation sites excluding steroid dienone is 1. The summed E-state index contributed by atoms with van der Waals surface area (Å²) in [6.45, 7) is 4.83. The van der Waals surface area contributed by atoms with Gasteiger partial charge in [-0.25, -0.2) is 0 Å². The molecule has 2 amide bonds. The predicted octanol–water partition coefficient (Wildman–Crippen LogP) is 4.75. The van der Waals surface area contributed by atoms with Crippen LogP contribution in [0.5, 0.6) is 0 Å². The van der Waals surface area contributed by atoms with Gasteiger partial charge in [-0.3, -0.25) is 9.59 Å². The second-order valence-electron chi connectivity index (χ2n) is 9.93. The van der Waals surface area contributed by atoms with E-state index in [-0.39, 0.29) is 36.6 Å². The number of carbonyl (C=O) groups is 2. The molecule has 0 aliphatic carbocycles. The van der Waals surface area contributed by atoms with Gasteiger partial charge in [-0.05, 0) is 58.9 Å². The van der Waals surface area contributed by atoms with Crippen LogP contribution in [0.25, 0.3) is 0 Å². The fourth-order valence-electron chi connectivity index (χ4n) is 4.19. The lowest BCUT2D eigenvalue weighted by molar-refractivity contribution is -0.155. The molecule has 0 saturated heterocycles. The number of anilines is 2. The molecule has 8 nitrogen and oxygen atoms in total. The molecule has 39 heavy (non-hydrogen) atoms. The summed E-state index contributed by atoms with van der Waals surface area (Å²) in [5.74, 6) is 0.119. The third-order valence-corrected chi connectivity index (χ3v) is 6.69. The van der Waals surface area contributed by atoms with Gasteiger partial charge in [-0.1, -0.05) is 62.4 Å². The molecule has 0 fully saturated rings. The highest BCUT2D eigenvalue weighted by Crippen LogP contribution is 2.29. The van der Waals surface area contributed by atoms with Crippen molar-refractivity contribution in [3.8, 4) is 0 Å². The molecule has 0 radical (unpaired) electrons. The molecule has 1 aliphatic heterocycles. The maximum Gasteiger partial charge on any atom is 0.286 e. The number of benzene rings is 3. The van der Waals surface area contributed by atoms with Crippen LogP contribution in [0.2, 0.25) is 0 Å². The predicted molar refractivity (Wildman–Crippen MR) is 150 cm³/mol. The summed E-state index contributed by atoms with van der Waals surface area (Å²) < 4.78 is 11.9. The molecule has 4 rings (SSSR count). The lowest BCUT2D eigenvalue weighted by Crippen LogP contribution is -2.34. The van der Waals surface area contributed by atoms with Gasteiger partial charge >= 0.3 is 0 Å². The lowest BCUT2D eigenvalue weighted by Gasteiger charge is -2.31. The van der Waals surface area contributed by atoms with E-state index in [1.165, 1.54) is 0 Å². The van der Waals surface area contributed by atoms with Gasteiger partial charge in [0, 0.05) is 18.5 Å². The van der Waals surface area contributed by atoms with E-state index in [1.807, 2.05) is 30.3 Å². The first-order valence-electron chi connectivity index (χ1n) is 13.0. The monoisotopic (exact) mass is 529 g/mol. The van der Waals surface area contributed by atoms with Crippen LogP contribution >= 0.6 is 0 Å². The molecule has 0 bridgehead atoms. The summed E-state index contributed by atoms with van der Waals surface area (Å²) in [6.07, 6.45) is 1.98. The number of rotatable bonds is 10. The fourth-order valence-corrected chi connectivity index (χ4v) is 4.19. The van der Waals surface area contributed by atoms with Crippen LogP contribution < -0.4 is 16.4 Å². The SMILES string of the molecule is CC(C)[C@@H]1C=C(C(=O)NCc2ccc(C(=O)Nc3ccccc3N)cc2)O[C@H](OCc2ccc(CO)cc2)C1. The normalized spacial score (nSPS) is 16.8. The van der Waals surface area contributed by atoms with Crippen LogP contribution in [0.1, 0.15) is 47.3 Å². The molecule has 1 aliphatic rings. The van der Waals surface area contributed by atoms with Crippen molar-refractivity contribution < 1.29 is 24.2 Å². The fraction of sp³-hybridized carbons (Fsp3) is 0.290. The van der Waals surface area contributed by atoms with Gasteiger partial charge in [-0.15, -0.1) is 0 Å². The summed E-state index contributed by atoms with van der Waals surface area (Å²) >= 11 is 0. The molecule has 0 aromatic heterocycles. The molecule has 3 aromatic rings. The molecule has 2 atom stereocenters. The maximum absolute atomic E-state index is 13.0. The number of nitrogen functional groups attached to an aromatic ring is 1. The van der Waals surface area contributed by atoms with E-state index in [2.05, 4.69) is 24.5 Å². The van der Waals surface area contributed by atoms with Crippen molar-refractivity contribution in [1.29, 1.82) is 0 Å². The van der Waals surface area contributed by atoms with E-state index in [1.54, 1.807) is 48.5 Å². The molecule has 1 heterocycles. The van der Waals surface area contributed by atoms with E-state index < -0.39 is 6.29 Å². The van der Waals surface area contributed by atoms with Gasteiger partial charge in [0.15, 0.2) is 5.76 Å². The van der Waals surface area contributed by atoms with Crippen molar-refractivity contribution in [2.75, 3.05) is 11.1 Å². The Balaban J connectivity index is 1.32. The van der Waals surface area contributed by atoms with Crippen molar-refractivity contribution in [2.45, 2.75) is 46.3 Å². The number of nitrogens with two attached hydrogens (primary N) is 1. The molecule has 0 spiro atoms. The molecular formula is C31H35N3O5. The smallest absolute Gasteiger partial charge is 0.286 e. The Hall–Kier alpha value is -4.14. The van der Waals surface area contributed by atoms with Gasteiger partial charge in [0.2, 0.25) is 6.29 Å². The van der Waals surface area contributed by atoms with Crippen LogP contribution in [0.3, 0.4) is 0 Å². The number of nitrogens with one attached hydrogen (secondary N) is 2. The van der Waals surface area contributed by atoms with Crippen molar-refractivity contribution in [3.63, 3.8) is 0 Å². The summed E-state index contributed by atoms with van der Waals surface area (Å²) in [4.78, 5) is 25.5. The summed E-state index contributed by atoms with van der Waals surface area (Å²) in [5.41, 5.74) is 10.1. The van der Waals surface area contributed by atoms with Crippen molar-refractivity contribution in [1.82, 2.24) is 5.32 Å². The third-order valence-electron chi connectivity index (χ3n) is 6.69. The third kappa shape index (κ3) is 7.69. The Kier molecular flexibility index (Phi) is 9.35. The number of aliphatic hydroxyl groups excluding tert-OH is 1. The second kappa shape index (κ2) is 13.1. The zero-order chi connectivity index (χ0) is 27.8. The van der Waals surface area contributed by atoms with E-state index >= 15 is 0 Å². The van der Waals surface area contributed by atoms with Crippen LogP contribution in [-0.4, -0.2) is 23.2 Å². The largest absolute Gasteiger partial charge is 0.459 e. The maximum atomic E-state index is 13.0. The molecule has 3 aromatic carbocycles. The first-order chi connectivity index (χ1) is 18.8. The number of carbonyl (C=O) groups excluding carboxylic acids is 2. The van der Waals surface area contributed by atoms with Crippen LogP contribution in [0.15, 0.2) is 84.6 Å². The highest BCUT2D eigenvalue weighted by molar-refractivity contribution is 6.05. The highest BCUT2D eigenvalue weighted by atomic mass is 16.7. The minimum Gasteiger partial charge on any atom is -0.459 e. The van der Waals surface area contributed by atoms with E-state index in [4.69, 9.17) is 15.2 Å². The number of hydrogen-bond donors (Lipinski definition) is 4. The topological polar surface area (TPSA) is 123 Å². The first kappa shape index (κ1) is 27.9. The van der Waals surface area contributed by atoms with Crippen LogP contribution in [0, 0.1) is 11.8 Å². The van der Waals surface area contributed by atoms with Crippen molar-refractivity contribution >= 4 is 23.2 Å². The molecular weight excluding hydrogens is 494 g/mol. The van der Waals surface area contributed by atoms with Crippen LogP contribution in [-0.2, 0) is 34.0 Å². The summed E-state index contributed by atoms with van der Waals surface area (Å²) in [5, 5.41) is 14.9. The number of para-hydroxylation sites is 2. The Morgan fingerprint density at radius 2 is 1.64 bits per heavy atom. The average Bonchev–Trinajstić information content (AvgIpc) is 2.96. The van der Waals surface area contributed by atoms with E-state index in [0.717, 1.165) is 16.7 Å². The molecule has 8 heteroatoms. The minimum absolute atomic E-state index is 0.00447. The number of ether oxygens (including phenoxy) is 2. The summed E-state index contributed by atoms with van der Waals surface area (Å²) in [6, 6.07) is 21.6. The standard InChI is InChI=1S/C31H35N3O5/c1-20(2)25-15-28(39-29(16-25)38-19-23-9-7-22(18-35)8-10-23)31(37)33-17-21-11-13-24(14-12-21)30(36)34-27-6-4-3-5-26(27)32/h3-15,20,25,29,35H,16-19,32H2,1-2H3,(H,33,37)(H,34,36)/t25-,29+/m1/s1. The zero-order valence-corrected chi connectivity index (χ0v) is 22.2. The van der Waals surface area contributed by atoms with Crippen molar-refractivity contribution in [3.05, 3.63) is 107 Å². The molecule has 5 N–H and O–H groups in total. The zero-order valence-electron chi connectivity index (χ0n) is 22.2. The Labute approximate surface area is 228 Å². The first-order valence-corrected chi connectivity index (χ1v) is 13.0. The second-order valence-corrected chi connectivity index (χ2v) is 9.93. The number of aliphatic hydroxyl groups is 1. The lowest BCUT2D eigenvalue weighted by atomic mass is 9.90. The Morgan fingerprint density at radius 1 is 0.974 bits per heavy atom. The van der Waals surface area contributed by atoms with E-state index in [9.17, 15) is 14.7 Å². The minimum atomic E-state index is -0.544. The number of hydrogen-bond acceptors (Lipinski definition) is 6.